The summed E-state index contributed by atoms with van der Waals surface area (Å²) in [6, 6.07) is 14.3. The highest BCUT2D eigenvalue weighted by atomic mass is 32.2. The minimum absolute atomic E-state index is 0.00310. The van der Waals surface area contributed by atoms with Crippen LogP contribution < -0.4 is 10.0 Å². The number of nitrogens with zero attached hydrogens (tertiary/aromatic N) is 3. The molecule has 0 radical (unpaired) electrons. The van der Waals surface area contributed by atoms with Gasteiger partial charge in [-0.3, -0.25) is 9.48 Å². The van der Waals surface area contributed by atoms with Crippen LogP contribution >= 0.6 is 0 Å². The minimum atomic E-state index is -3.71. The summed E-state index contributed by atoms with van der Waals surface area (Å²) >= 11 is 0. The molecule has 0 fully saturated rings. The van der Waals surface area contributed by atoms with E-state index >= 15 is 0 Å². The van der Waals surface area contributed by atoms with Gasteiger partial charge in [0.1, 0.15) is 0 Å². The van der Waals surface area contributed by atoms with Crippen molar-refractivity contribution < 1.29 is 13.2 Å². The number of rotatable bonds is 6. The average Bonchev–Trinajstić information content (AvgIpc) is 3.00. The predicted molar refractivity (Wildman–Crippen MR) is 116 cm³/mol. The van der Waals surface area contributed by atoms with E-state index in [0.29, 0.717) is 5.69 Å². The summed E-state index contributed by atoms with van der Waals surface area (Å²) in [5.74, 6) is -0.307. The summed E-state index contributed by atoms with van der Waals surface area (Å²) in [6.07, 6.45) is 1.55. The number of anilines is 1. The van der Waals surface area contributed by atoms with Gasteiger partial charge in [-0.2, -0.15) is 5.10 Å². The topological polar surface area (TPSA) is 106 Å². The monoisotopic (exact) mass is 423 g/mol. The molecule has 154 valence electrons. The SMILES string of the molecule is Cc1nn(C)c2ncc(NC(=O)CCNS(=O)(=O)c3ccc4ccccc4c3)cc12. The van der Waals surface area contributed by atoms with E-state index in [1.54, 1.807) is 29.1 Å². The molecule has 0 unspecified atom stereocenters. The Kier molecular flexibility index (Phi) is 5.23. The molecule has 2 N–H and O–H groups in total. The summed E-state index contributed by atoms with van der Waals surface area (Å²) < 4.78 is 29.2. The first-order valence-corrected chi connectivity index (χ1v) is 10.9. The van der Waals surface area contributed by atoms with Gasteiger partial charge in [0, 0.05) is 25.4 Å². The molecule has 0 bridgehead atoms. The zero-order valence-corrected chi connectivity index (χ0v) is 17.4. The molecule has 0 aliphatic carbocycles. The molecule has 0 aliphatic heterocycles. The Morgan fingerprint density at radius 1 is 1.10 bits per heavy atom. The van der Waals surface area contributed by atoms with E-state index in [2.05, 4.69) is 20.1 Å². The Bertz CT molecular complexity index is 1360. The average molecular weight is 423 g/mol. The number of amides is 1. The van der Waals surface area contributed by atoms with E-state index in [4.69, 9.17) is 0 Å². The molecule has 9 heteroatoms. The van der Waals surface area contributed by atoms with E-state index in [0.717, 1.165) is 27.5 Å². The molecule has 2 aromatic heterocycles. The van der Waals surface area contributed by atoms with Gasteiger partial charge < -0.3 is 5.32 Å². The van der Waals surface area contributed by atoms with Crippen molar-refractivity contribution in [3.63, 3.8) is 0 Å². The van der Waals surface area contributed by atoms with Crippen molar-refractivity contribution in [1.29, 1.82) is 0 Å². The predicted octanol–water partition coefficient (Wildman–Crippen LogP) is 2.74. The maximum absolute atomic E-state index is 12.5. The van der Waals surface area contributed by atoms with Crippen LogP contribution in [0.25, 0.3) is 21.8 Å². The normalized spacial score (nSPS) is 11.8. The first-order chi connectivity index (χ1) is 14.3. The molecule has 1 amide bonds. The number of fused-ring (bicyclic) bond motifs is 2. The molecule has 2 aromatic carbocycles. The highest BCUT2D eigenvalue weighted by molar-refractivity contribution is 7.89. The van der Waals surface area contributed by atoms with Crippen LogP contribution in [0.3, 0.4) is 0 Å². The summed E-state index contributed by atoms with van der Waals surface area (Å²) in [5, 5.41) is 9.70. The Morgan fingerprint density at radius 2 is 1.87 bits per heavy atom. The van der Waals surface area contributed by atoms with Crippen molar-refractivity contribution in [1.82, 2.24) is 19.5 Å². The Balaban J connectivity index is 1.38. The molecule has 8 nitrogen and oxygen atoms in total. The molecular formula is C21H21N5O3S. The molecule has 0 aliphatic rings. The molecule has 0 saturated carbocycles. The molecule has 4 rings (SSSR count). The maximum atomic E-state index is 12.5. The fourth-order valence-electron chi connectivity index (χ4n) is 3.32. The number of hydrogen-bond acceptors (Lipinski definition) is 5. The van der Waals surface area contributed by atoms with Crippen LogP contribution in [-0.4, -0.2) is 35.6 Å². The lowest BCUT2D eigenvalue weighted by Crippen LogP contribution is -2.27. The van der Waals surface area contributed by atoms with Crippen LogP contribution in [0.5, 0.6) is 0 Å². The second kappa shape index (κ2) is 7.85. The van der Waals surface area contributed by atoms with E-state index in [-0.39, 0.29) is 23.8 Å². The van der Waals surface area contributed by atoms with Gasteiger partial charge in [-0.25, -0.2) is 18.1 Å². The Morgan fingerprint density at radius 3 is 2.67 bits per heavy atom. The van der Waals surface area contributed by atoms with E-state index in [9.17, 15) is 13.2 Å². The number of sulfonamides is 1. The quantitative estimate of drug-likeness (QED) is 0.496. The molecule has 0 saturated heterocycles. The number of aromatic nitrogens is 3. The zero-order chi connectivity index (χ0) is 21.3. The number of nitrogens with one attached hydrogen (secondary N) is 2. The minimum Gasteiger partial charge on any atom is -0.325 e. The van der Waals surface area contributed by atoms with Gasteiger partial charge >= 0.3 is 0 Å². The first kappa shape index (κ1) is 20.0. The Labute approximate surface area is 174 Å². The number of hydrogen-bond donors (Lipinski definition) is 2. The van der Waals surface area contributed by atoms with Gasteiger partial charge in [0.05, 0.1) is 22.5 Å². The fourth-order valence-corrected chi connectivity index (χ4v) is 4.38. The second-order valence-corrected chi connectivity index (χ2v) is 8.78. The van der Waals surface area contributed by atoms with Gasteiger partial charge in [-0.05, 0) is 35.9 Å². The molecule has 30 heavy (non-hydrogen) atoms. The fraction of sp³-hybridized carbons (Fsp3) is 0.190. The van der Waals surface area contributed by atoms with Gasteiger partial charge in [0.2, 0.25) is 15.9 Å². The van der Waals surface area contributed by atoms with Crippen LogP contribution in [0.1, 0.15) is 12.1 Å². The highest BCUT2D eigenvalue weighted by Crippen LogP contribution is 2.20. The van der Waals surface area contributed by atoms with Crippen LogP contribution in [0.15, 0.2) is 59.6 Å². The number of benzene rings is 2. The van der Waals surface area contributed by atoms with Gasteiger partial charge in [-0.1, -0.05) is 30.3 Å². The molecule has 0 atom stereocenters. The van der Waals surface area contributed by atoms with E-state index in [1.807, 2.05) is 44.3 Å². The van der Waals surface area contributed by atoms with Crippen molar-refractivity contribution in [3.05, 3.63) is 60.4 Å². The highest BCUT2D eigenvalue weighted by Gasteiger charge is 2.15. The number of pyridine rings is 1. The van der Waals surface area contributed by atoms with Crippen LogP contribution in [0.2, 0.25) is 0 Å². The smallest absolute Gasteiger partial charge is 0.240 e. The third-order valence-electron chi connectivity index (χ3n) is 4.82. The number of carbonyl (C=O) groups excluding carboxylic acids is 1. The summed E-state index contributed by atoms with van der Waals surface area (Å²) in [6.45, 7) is 1.86. The first-order valence-electron chi connectivity index (χ1n) is 9.41. The van der Waals surface area contributed by atoms with Gasteiger partial charge in [0.25, 0.3) is 0 Å². The van der Waals surface area contributed by atoms with Crippen molar-refractivity contribution in [2.24, 2.45) is 7.05 Å². The summed E-state index contributed by atoms with van der Waals surface area (Å²) in [7, 11) is -1.90. The second-order valence-electron chi connectivity index (χ2n) is 7.01. The lowest BCUT2D eigenvalue weighted by Gasteiger charge is -2.09. The number of carbonyl (C=O) groups is 1. The summed E-state index contributed by atoms with van der Waals surface area (Å²) in [4.78, 5) is 16.7. The van der Waals surface area contributed by atoms with E-state index in [1.165, 1.54) is 0 Å². The lowest BCUT2D eigenvalue weighted by atomic mass is 10.1. The van der Waals surface area contributed by atoms with E-state index < -0.39 is 10.0 Å². The van der Waals surface area contributed by atoms with Crippen LogP contribution in [-0.2, 0) is 21.9 Å². The summed E-state index contributed by atoms with van der Waals surface area (Å²) in [5.41, 5.74) is 2.09. The molecule has 2 heterocycles. The lowest BCUT2D eigenvalue weighted by molar-refractivity contribution is -0.116. The van der Waals surface area contributed by atoms with Crippen molar-refractivity contribution in [3.8, 4) is 0 Å². The van der Waals surface area contributed by atoms with Crippen LogP contribution in [0.4, 0.5) is 5.69 Å². The molecule has 4 aromatic rings. The zero-order valence-electron chi connectivity index (χ0n) is 16.6. The van der Waals surface area contributed by atoms with Crippen molar-refractivity contribution >= 4 is 43.4 Å². The molecule has 0 spiro atoms. The molecular weight excluding hydrogens is 402 g/mol. The van der Waals surface area contributed by atoms with Gasteiger partial charge in [0.15, 0.2) is 5.65 Å². The van der Waals surface area contributed by atoms with Crippen LogP contribution in [0, 0.1) is 6.92 Å². The maximum Gasteiger partial charge on any atom is 0.240 e. The standard InChI is InChI=1S/C21H21N5O3S/c1-14-19-12-17(13-22-21(19)26(2)25-14)24-20(27)9-10-23-30(28,29)18-8-7-15-5-3-4-6-16(15)11-18/h3-8,11-13,23H,9-10H2,1-2H3,(H,24,27). The largest absolute Gasteiger partial charge is 0.325 e. The number of aryl methyl sites for hydroxylation is 2. The third-order valence-corrected chi connectivity index (χ3v) is 6.28. The van der Waals surface area contributed by atoms with Crippen molar-refractivity contribution in [2.45, 2.75) is 18.2 Å². The Hall–Kier alpha value is -3.30. The third kappa shape index (κ3) is 4.03. The van der Waals surface area contributed by atoms with Gasteiger partial charge in [-0.15, -0.1) is 0 Å². The van der Waals surface area contributed by atoms with Crippen molar-refractivity contribution in [2.75, 3.05) is 11.9 Å².